The number of benzene rings is 1. The van der Waals surface area contributed by atoms with E-state index in [0.29, 0.717) is 25.4 Å². The molecule has 6 heteroatoms. The topological polar surface area (TPSA) is 99.8 Å². The van der Waals surface area contributed by atoms with Crippen molar-refractivity contribution in [3.8, 4) is 23.3 Å². The fourth-order valence-electron chi connectivity index (χ4n) is 1.25. The highest BCUT2D eigenvalue weighted by Gasteiger charge is 2.08. The summed E-state index contributed by atoms with van der Waals surface area (Å²) in [5.41, 5.74) is 0.00319. The molecule has 1 rings (SSSR count). The Balaban J connectivity index is 0.000000433. The number of hydrogen-bond acceptors (Lipinski definition) is 6. The molecule has 0 aromatic heterocycles. The van der Waals surface area contributed by atoms with Crippen molar-refractivity contribution in [3.05, 3.63) is 17.7 Å². The molecule has 0 aliphatic rings. The SMILES string of the molecule is CCCOC(=O)CC.CCOc1cc(O)c(O)c(C#N)c1. The lowest BCUT2D eigenvalue weighted by molar-refractivity contribution is -0.143. The number of ether oxygens (including phenoxy) is 2. The zero-order valence-corrected chi connectivity index (χ0v) is 12.5. The van der Waals surface area contributed by atoms with Gasteiger partial charge in [0.15, 0.2) is 11.5 Å². The molecular weight excluding hydrogens is 274 g/mol. The molecule has 0 atom stereocenters. The average molecular weight is 295 g/mol. The van der Waals surface area contributed by atoms with E-state index in [2.05, 4.69) is 0 Å². The Morgan fingerprint density at radius 1 is 1.29 bits per heavy atom. The average Bonchev–Trinajstić information content (AvgIpc) is 2.49. The summed E-state index contributed by atoms with van der Waals surface area (Å²) in [6, 6.07) is 4.38. The molecule has 1 aromatic carbocycles. The van der Waals surface area contributed by atoms with Crippen LogP contribution < -0.4 is 4.74 Å². The van der Waals surface area contributed by atoms with E-state index in [1.807, 2.05) is 6.92 Å². The number of phenolic OH excluding ortho intramolecular Hbond substituents is 2. The second-order valence-electron chi connectivity index (χ2n) is 3.96. The molecule has 0 saturated carbocycles. The van der Waals surface area contributed by atoms with Crippen molar-refractivity contribution >= 4 is 5.97 Å². The summed E-state index contributed by atoms with van der Waals surface area (Å²) < 4.78 is 9.76. The summed E-state index contributed by atoms with van der Waals surface area (Å²) in [4.78, 5) is 10.3. The number of phenols is 2. The molecule has 0 saturated heterocycles. The highest BCUT2D eigenvalue weighted by atomic mass is 16.5. The summed E-state index contributed by atoms with van der Waals surface area (Å²) in [5, 5.41) is 26.9. The lowest BCUT2D eigenvalue weighted by Gasteiger charge is -2.05. The quantitative estimate of drug-likeness (QED) is 0.640. The molecule has 2 N–H and O–H groups in total. The van der Waals surface area contributed by atoms with Crippen molar-refractivity contribution < 1.29 is 24.5 Å². The number of aromatic hydroxyl groups is 2. The van der Waals surface area contributed by atoms with Gasteiger partial charge in [0.1, 0.15) is 17.4 Å². The zero-order chi connectivity index (χ0) is 16.3. The van der Waals surface area contributed by atoms with Crippen LogP contribution in [0, 0.1) is 11.3 Å². The third-order valence-electron chi connectivity index (χ3n) is 2.25. The fraction of sp³-hybridized carbons (Fsp3) is 0.467. The van der Waals surface area contributed by atoms with Gasteiger partial charge < -0.3 is 19.7 Å². The minimum atomic E-state index is -0.411. The zero-order valence-electron chi connectivity index (χ0n) is 12.5. The van der Waals surface area contributed by atoms with Gasteiger partial charge in [-0.3, -0.25) is 4.79 Å². The first-order valence-electron chi connectivity index (χ1n) is 6.74. The van der Waals surface area contributed by atoms with Crippen molar-refractivity contribution in [2.75, 3.05) is 13.2 Å². The van der Waals surface area contributed by atoms with Crippen LogP contribution in [0.4, 0.5) is 0 Å². The van der Waals surface area contributed by atoms with Crippen molar-refractivity contribution in [1.82, 2.24) is 0 Å². The monoisotopic (exact) mass is 295 g/mol. The molecule has 21 heavy (non-hydrogen) atoms. The molecule has 116 valence electrons. The van der Waals surface area contributed by atoms with E-state index in [1.165, 1.54) is 12.1 Å². The van der Waals surface area contributed by atoms with Crippen LogP contribution >= 0.6 is 0 Å². The predicted molar refractivity (Wildman–Crippen MR) is 77.2 cm³/mol. The molecule has 0 radical (unpaired) electrons. The predicted octanol–water partition coefficient (Wildman–Crippen LogP) is 2.72. The maximum atomic E-state index is 10.3. The third kappa shape index (κ3) is 7.06. The Bertz CT molecular complexity index is 494. The largest absolute Gasteiger partial charge is 0.504 e. The third-order valence-corrected chi connectivity index (χ3v) is 2.25. The first-order valence-corrected chi connectivity index (χ1v) is 6.74. The number of carbonyl (C=O) groups is 1. The van der Waals surface area contributed by atoms with Gasteiger partial charge in [-0.2, -0.15) is 5.26 Å². The van der Waals surface area contributed by atoms with Crippen molar-refractivity contribution in [2.24, 2.45) is 0 Å². The maximum absolute atomic E-state index is 10.3. The van der Waals surface area contributed by atoms with Crippen molar-refractivity contribution in [1.29, 1.82) is 5.26 Å². The minimum Gasteiger partial charge on any atom is -0.504 e. The minimum absolute atomic E-state index is 0.00319. The molecule has 0 aliphatic carbocycles. The van der Waals surface area contributed by atoms with Crippen LogP contribution in [0.5, 0.6) is 17.2 Å². The lowest BCUT2D eigenvalue weighted by atomic mass is 10.2. The number of hydrogen-bond donors (Lipinski definition) is 2. The van der Waals surface area contributed by atoms with E-state index in [9.17, 15) is 4.79 Å². The normalized spacial score (nSPS) is 9.05. The van der Waals surface area contributed by atoms with Crippen molar-refractivity contribution in [2.45, 2.75) is 33.6 Å². The molecule has 0 spiro atoms. The van der Waals surface area contributed by atoms with E-state index in [1.54, 1.807) is 19.9 Å². The van der Waals surface area contributed by atoms with Gasteiger partial charge in [-0.15, -0.1) is 0 Å². The highest BCUT2D eigenvalue weighted by Crippen LogP contribution is 2.32. The van der Waals surface area contributed by atoms with Gasteiger partial charge in [-0.05, 0) is 13.3 Å². The number of nitriles is 1. The summed E-state index contributed by atoms with van der Waals surface area (Å²) in [7, 11) is 0. The molecule has 0 bridgehead atoms. The lowest BCUT2D eigenvalue weighted by Crippen LogP contribution is -2.02. The van der Waals surface area contributed by atoms with E-state index >= 15 is 0 Å². The van der Waals surface area contributed by atoms with Crippen LogP contribution in [0.3, 0.4) is 0 Å². The van der Waals surface area contributed by atoms with Crippen molar-refractivity contribution in [3.63, 3.8) is 0 Å². The standard InChI is InChI=1S/C9H9NO3.C6H12O2/c1-2-13-7-3-6(5-10)9(12)8(11)4-7;1-3-5-8-6(7)4-2/h3-4,11-12H,2H2,1H3;3-5H2,1-2H3. The molecule has 6 nitrogen and oxygen atoms in total. The van der Waals surface area contributed by atoms with Gasteiger partial charge in [-0.1, -0.05) is 13.8 Å². The Morgan fingerprint density at radius 2 is 1.95 bits per heavy atom. The summed E-state index contributed by atoms with van der Waals surface area (Å²) in [5.74, 6) is -0.491. The Hall–Kier alpha value is -2.42. The van der Waals surface area contributed by atoms with E-state index in [0.717, 1.165) is 6.42 Å². The molecule has 0 fully saturated rings. The van der Waals surface area contributed by atoms with Gasteiger partial charge in [0.05, 0.1) is 13.2 Å². The number of nitrogens with zero attached hydrogens (tertiary/aromatic N) is 1. The van der Waals surface area contributed by atoms with Gasteiger partial charge in [0.25, 0.3) is 0 Å². The van der Waals surface area contributed by atoms with E-state index in [-0.39, 0.29) is 17.3 Å². The second-order valence-corrected chi connectivity index (χ2v) is 3.96. The van der Waals surface area contributed by atoms with Crippen LogP contribution in [0.15, 0.2) is 12.1 Å². The van der Waals surface area contributed by atoms with Crippen LogP contribution in [0.2, 0.25) is 0 Å². The van der Waals surface area contributed by atoms with Crippen LogP contribution in [-0.2, 0) is 9.53 Å². The molecule has 0 unspecified atom stereocenters. The van der Waals surface area contributed by atoms with Gasteiger partial charge in [0.2, 0.25) is 0 Å². The number of esters is 1. The van der Waals surface area contributed by atoms with Crippen LogP contribution in [0.25, 0.3) is 0 Å². The maximum Gasteiger partial charge on any atom is 0.305 e. The van der Waals surface area contributed by atoms with E-state index in [4.69, 9.17) is 24.9 Å². The molecule has 0 heterocycles. The van der Waals surface area contributed by atoms with Crippen LogP contribution in [0.1, 0.15) is 39.2 Å². The first-order chi connectivity index (χ1) is 9.99. The van der Waals surface area contributed by atoms with E-state index < -0.39 is 5.75 Å². The Morgan fingerprint density at radius 3 is 2.43 bits per heavy atom. The number of rotatable bonds is 5. The molecule has 0 aliphatic heterocycles. The highest BCUT2D eigenvalue weighted by molar-refractivity contribution is 5.68. The summed E-state index contributed by atoms with van der Waals surface area (Å²) in [6.07, 6.45) is 1.39. The van der Waals surface area contributed by atoms with Gasteiger partial charge in [-0.25, -0.2) is 0 Å². The number of carbonyl (C=O) groups excluding carboxylic acids is 1. The smallest absolute Gasteiger partial charge is 0.305 e. The first kappa shape index (κ1) is 18.6. The molecule has 0 amide bonds. The van der Waals surface area contributed by atoms with Gasteiger partial charge >= 0.3 is 5.97 Å². The summed E-state index contributed by atoms with van der Waals surface area (Å²) in [6.45, 7) is 6.55. The Kier molecular flexibility index (Phi) is 9.18. The fourth-order valence-corrected chi connectivity index (χ4v) is 1.25. The van der Waals surface area contributed by atoms with Gasteiger partial charge in [0, 0.05) is 18.6 Å². The Labute approximate surface area is 124 Å². The second kappa shape index (κ2) is 10.4. The molecular formula is C15H21NO5. The molecule has 1 aromatic rings. The summed E-state index contributed by atoms with van der Waals surface area (Å²) >= 11 is 0. The van der Waals surface area contributed by atoms with Crippen LogP contribution in [-0.4, -0.2) is 29.4 Å².